The summed E-state index contributed by atoms with van der Waals surface area (Å²) < 4.78 is 14.1. The maximum absolute atomic E-state index is 14.1. The van der Waals surface area contributed by atoms with Gasteiger partial charge >= 0.3 is 0 Å². The minimum absolute atomic E-state index is 0.0559. The quantitative estimate of drug-likeness (QED) is 0.774. The number of halogens is 1. The van der Waals surface area contributed by atoms with Gasteiger partial charge in [-0.2, -0.15) is 0 Å². The van der Waals surface area contributed by atoms with Gasteiger partial charge in [0.1, 0.15) is 5.82 Å². The Balaban J connectivity index is 1.67. The van der Waals surface area contributed by atoms with Gasteiger partial charge in [-0.15, -0.1) is 0 Å². The average molecular weight is 386 g/mol. The van der Waals surface area contributed by atoms with Gasteiger partial charge in [0, 0.05) is 31.7 Å². The summed E-state index contributed by atoms with van der Waals surface area (Å²) in [5, 5.41) is 3.52. The van der Waals surface area contributed by atoms with Crippen molar-refractivity contribution in [2.24, 2.45) is 0 Å². The molecule has 1 heterocycles. The molecule has 6 heteroatoms. The van der Waals surface area contributed by atoms with Crippen molar-refractivity contribution in [2.45, 2.75) is 25.9 Å². The summed E-state index contributed by atoms with van der Waals surface area (Å²) in [5.41, 5.74) is 1.65. The van der Waals surface area contributed by atoms with E-state index in [1.54, 1.807) is 12.1 Å². The third kappa shape index (κ3) is 5.50. The fraction of sp³-hybridized carbons (Fsp3) is 0.333. The fourth-order valence-corrected chi connectivity index (χ4v) is 3.38. The number of thiocarbonyl (C=S) groups is 1. The molecule has 1 N–H and O–H groups in total. The van der Waals surface area contributed by atoms with Crippen molar-refractivity contribution >= 4 is 23.2 Å². The zero-order valence-electron chi connectivity index (χ0n) is 15.2. The van der Waals surface area contributed by atoms with Gasteiger partial charge in [0.25, 0.3) is 0 Å². The van der Waals surface area contributed by atoms with Crippen LogP contribution in [0.25, 0.3) is 0 Å². The smallest absolute Gasteiger partial charge is 0.241 e. The van der Waals surface area contributed by atoms with E-state index >= 15 is 0 Å². The normalized spacial score (nSPS) is 13.4. The van der Waals surface area contributed by atoms with Crippen molar-refractivity contribution in [3.63, 3.8) is 0 Å². The lowest BCUT2D eigenvalue weighted by Crippen LogP contribution is -2.44. The Morgan fingerprint density at radius 1 is 1.04 bits per heavy atom. The second-order valence-electron chi connectivity index (χ2n) is 6.68. The third-order valence-electron chi connectivity index (χ3n) is 4.67. The molecule has 0 unspecified atom stereocenters. The van der Waals surface area contributed by atoms with Gasteiger partial charge in [-0.05, 0) is 36.7 Å². The summed E-state index contributed by atoms with van der Waals surface area (Å²) in [5.74, 6) is -0.202. The molecule has 1 saturated heterocycles. The van der Waals surface area contributed by atoms with Crippen LogP contribution in [0.5, 0.6) is 0 Å². The first-order valence-corrected chi connectivity index (χ1v) is 9.62. The van der Waals surface area contributed by atoms with Gasteiger partial charge in [-0.1, -0.05) is 48.5 Å². The van der Waals surface area contributed by atoms with Crippen LogP contribution in [0.1, 0.15) is 24.0 Å². The molecule has 2 aromatic rings. The Morgan fingerprint density at radius 3 is 2.41 bits per heavy atom. The molecule has 1 amide bonds. The maximum atomic E-state index is 14.1. The van der Waals surface area contributed by atoms with E-state index in [9.17, 15) is 9.18 Å². The van der Waals surface area contributed by atoms with Crippen LogP contribution in [0.15, 0.2) is 54.6 Å². The molecule has 1 fully saturated rings. The molecular formula is C21H24FN3OS. The van der Waals surface area contributed by atoms with Gasteiger partial charge in [0.2, 0.25) is 5.91 Å². The zero-order chi connectivity index (χ0) is 19.1. The highest BCUT2D eigenvalue weighted by Crippen LogP contribution is 2.14. The molecule has 27 heavy (non-hydrogen) atoms. The highest BCUT2D eigenvalue weighted by Gasteiger charge is 2.19. The third-order valence-corrected chi connectivity index (χ3v) is 5.07. The van der Waals surface area contributed by atoms with E-state index in [0.717, 1.165) is 31.5 Å². The predicted octanol–water partition coefficient (Wildman–Crippen LogP) is 3.32. The van der Waals surface area contributed by atoms with Crippen molar-refractivity contribution in [1.82, 2.24) is 15.1 Å². The second-order valence-corrected chi connectivity index (χ2v) is 7.07. The van der Waals surface area contributed by atoms with Crippen LogP contribution in [-0.4, -0.2) is 40.5 Å². The molecule has 0 radical (unpaired) electrons. The highest BCUT2D eigenvalue weighted by atomic mass is 32.1. The van der Waals surface area contributed by atoms with Crippen molar-refractivity contribution in [1.29, 1.82) is 0 Å². The molecule has 4 nitrogen and oxygen atoms in total. The summed E-state index contributed by atoms with van der Waals surface area (Å²) in [7, 11) is 0. The Kier molecular flexibility index (Phi) is 6.76. The molecule has 1 aliphatic heterocycles. The van der Waals surface area contributed by atoms with E-state index in [2.05, 4.69) is 5.32 Å². The Bertz CT molecular complexity index is 778. The molecular weight excluding hydrogens is 361 g/mol. The number of amides is 1. The number of carbonyl (C=O) groups excluding carboxylic acids is 1. The van der Waals surface area contributed by atoms with Crippen molar-refractivity contribution < 1.29 is 9.18 Å². The number of nitrogens with zero attached hydrogens (tertiary/aromatic N) is 2. The topological polar surface area (TPSA) is 35.6 Å². The lowest BCUT2D eigenvalue weighted by molar-refractivity contribution is -0.128. The number of hydrogen-bond acceptors (Lipinski definition) is 2. The van der Waals surface area contributed by atoms with Gasteiger partial charge in [0.05, 0.1) is 6.54 Å². The maximum Gasteiger partial charge on any atom is 0.241 e. The number of carbonyl (C=O) groups is 1. The molecule has 1 aliphatic rings. The minimum Gasteiger partial charge on any atom is -0.353 e. The molecule has 0 bridgehead atoms. The molecule has 142 valence electrons. The number of nitrogens with one attached hydrogen (secondary N) is 1. The summed E-state index contributed by atoms with van der Waals surface area (Å²) >= 11 is 5.53. The Hall–Kier alpha value is -2.47. The first-order valence-electron chi connectivity index (χ1n) is 9.21. The number of hydrogen-bond donors (Lipinski definition) is 1. The van der Waals surface area contributed by atoms with Crippen molar-refractivity contribution in [2.75, 3.05) is 19.6 Å². The van der Waals surface area contributed by atoms with E-state index < -0.39 is 0 Å². The van der Waals surface area contributed by atoms with E-state index in [1.807, 2.05) is 46.2 Å². The summed E-state index contributed by atoms with van der Waals surface area (Å²) in [4.78, 5) is 16.0. The van der Waals surface area contributed by atoms with Crippen LogP contribution in [-0.2, 0) is 17.9 Å². The van der Waals surface area contributed by atoms with Crippen LogP contribution in [0.4, 0.5) is 4.39 Å². The van der Waals surface area contributed by atoms with Crippen molar-refractivity contribution in [3.8, 4) is 0 Å². The lowest BCUT2D eigenvalue weighted by Gasteiger charge is -2.27. The SMILES string of the molecule is O=C(CNC(=S)N(Cc1ccccc1)Cc1ccccc1F)N1CCCC1. The highest BCUT2D eigenvalue weighted by molar-refractivity contribution is 7.80. The van der Waals surface area contributed by atoms with Gasteiger partial charge in [-0.25, -0.2) is 4.39 Å². The predicted molar refractivity (Wildman–Crippen MR) is 109 cm³/mol. The van der Waals surface area contributed by atoms with Crippen LogP contribution >= 0.6 is 12.2 Å². The number of likely N-dealkylation sites (tertiary alicyclic amines) is 1. The molecule has 0 aromatic heterocycles. The molecule has 2 aromatic carbocycles. The first-order chi connectivity index (χ1) is 13.1. The van der Waals surface area contributed by atoms with E-state index in [0.29, 0.717) is 23.8 Å². The summed E-state index contributed by atoms with van der Waals surface area (Å²) in [6.07, 6.45) is 2.12. The number of benzene rings is 2. The van der Waals surface area contributed by atoms with E-state index in [-0.39, 0.29) is 18.3 Å². The summed E-state index contributed by atoms with van der Waals surface area (Å²) in [6.45, 7) is 2.68. The standard InChI is InChI=1S/C21H24FN3OS/c22-19-11-5-4-10-18(19)16-25(15-17-8-2-1-3-9-17)21(27)23-14-20(26)24-12-6-7-13-24/h1-5,8-11H,6-7,12-16H2,(H,23,27). The number of rotatable bonds is 6. The van der Waals surface area contributed by atoms with Crippen LogP contribution in [0.3, 0.4) is 0 Å². The Labute approximate surface area is 165 Å². The molecule has 3 rings (SSSR count). The first kappa shape index (κ1) is 19.3. The monoisotopic (exact) mass is 385 g/mol. The van der Waals surface area contributed by atoms with Gasteiger partial charge in [-0.3, -0.25) is 4.79 Å². The van der Waals surface area contributed by atoms with Crippen molar-refractivity contribution in [3.05, 3.63) is 71.5 Å². The lowest BCUT2D eigenvalue weighted by atomic mass is 10.1. The van der Waals surface area contributed by atoms with Crippen LogP contribution in [0.2, 0.25) is 0 Å². The molecule has 0 saturated carbocycles. The van der Waals surface area contributed by atoms with E-state index in [1.165, 1.54) is 6.07 Å². The minimum atomic E-state index is -0.258. The summed E-state index contributed by atoms with van der Waals surface area (Å²) in [6, 6.07) is 16.6. The molecule has 0 spiro atoms. The second kappa shape index (κ2) is 9.46. The Morgan fingerprint density at radius 2 is 1.70 bits per heavy atom. The average Bonchev–Trinajstić information content (AvgIpc) is 3.23. The van der Waals surface area contributed by atoms with Crippen LogP contribution < -0.4 is 5.32 Å². The fourth-order valence-electron chi connectivity index (χ4n) is 3.18. The van der Waals surface area contributed by atoms with Gasteiger partial charge in [0.15, 0.2) is 5.11 Å². The van der Waals surface area contributed by atoms with E-state index in [4.69, 9.17) is 12.2 Å². The van der Waals surface area contributed by atoms with Crippen LogP contribution in [0, 0.1) is 5.82 Å². The molecule has 0 atom stereocenters. The largest absolute Gasteiger partial charge is 0.353 e. The van der Waals surface area contributed by atoms with Gasteiger partial charge < -0.3 is 15.1 Å². The zero-order valence-corrected chi connectivity index (χ0v) is 16.1. The molecule has 0 aliphatic carbocycles.